The van der Waals surface area contributed by atoms with E-state index in [0.29, 0.717) is 28.9 Å². The van der Waals surface area contributed by atoms with Gasteiger partial charge >= 0.3 is 0 Å². The zero-order valence-electron chi connectivity index (χ0n) is 10.7. The van der Waals surface area contributed by atoms with Gasteiger partial charge in [0, 0.05) is 5.56 Å². The van der Waals surface area contributed by atoms with E-state index in [0.717, 1.165) is 12.2 Å². The van der Waals surface area contributed by atoms with Crippen LogP contribution < -0.4 is 4.74 Å². The number of hydrogen-bond acceptors (Lipinski definition) is 2. The lowest BCUT2D eigenvalue weighted by Crippen LogP contribution is -2.18. The van der Waals surface area contributed by atoms with E-state index in [9.17, 15) is 4.79 Å². The summed E-state index contributed by atoms with van der Waals surface area (Å²) >= 11 is 6.09. The second-order valence-electron chi connectivity index (χ2n) is 5.21. The maximum absolute atomic E-state index is 10.8. The average Bonchev–Trinajstić information content (AvgIpc) is 2.39. The Morgan fingerprint density at radius 1 is 1.33 bits per heavy atom. The largest absolute Gasteiger partial charge is 0.492 e. The van der Waals surface area contributed by atoms with Crippen LogP contribution >= 0.6 is 11.6 Å². The second-order valence-corrected chi connectivity index (χ2v) is 5.59. The molecule has 0 bridgehead atoms. The van der Waals surface area contributed by atoms with Gasteiger partial charge in [0.1, 0.15) is 5.75 Å². The van der Waals surface area contributed by atoms with Crippen molar-refractivity contribution in [1.82, 2.24) is 0 Å². The predicted octanol–water partition coefficient (Wildman–Crippen LogP) is 4.36. The zero-order valence-corrected chi connectivity index (χ0v) is 11.5. The monoisotopic (exact) mass is 266 g/mol. The van der Waals surface area contributed by atoms with Crippen LogP contribution in [0.15, 0.2) is 18.2 Å². The Hall–Kier alpha value is -1.02. The molecule has 0 heterocycles. The predicted molar refractivity (Wildman–Crippen MR) is 73.5 cm³/mol. The van der Waals surface area contributed by atoms with Gasteiger partial charge in [0.2, 0.25) is 0 Å². The summed E-state index contributed by atoms with van der Waals surface area (Å²) in [5.41, 5.74) is 0.492. The molecule has 1 aromatic rings. The number of carbonyl (C=O) groups excluding carboxylic acids is 1. The van der Waals surface area contributed by atoms with Crippen LogP contribution in [0.25, 0.3) is 0 Å². The number of halogens is 1. The van der Waals surface area contributed by atoms with E-state index in [1.54, 1.807) is 12.1 Å². The third-order valence-corrected chi connectivity index (χ3v) is 4.13. The van der Waals surface area contributed by atoms with E-state index in [4.69, 9.17) is 16.3 Å². The number of carbonyl (C=O) groups is 1. The third-order valence-electron chi connectivity index (χ3n) is 3.73. The van der Waals surface area contributed by atoms with Crippen LogP contribution in [0.2, 0.25) is 5.02 Å². The molecule has 3 heteroatoms. The molecule has 98 valence electrons. The van der Waals surface area contributed by atoms with Crippen LogP contribution in [0.1, 0.15) is 43.0 Å². The van der Waals surface area contributed by atoms with Gasteiger partial charge in [-0.2, -0.15) is 0 Å². The number of rotatable bonds is 4. The fraction of sp³-hybridized carbons (Fsp3) is 0.533. The quantitative estimate of drug-likeness (QED) is 0.757. The van der Waals surface area contributed by atoms with Crippen molar-refractivity contribution in [3.63, 3.8) is 0 Å². The molecular formula is C15H19ClO2. The van der Waals surface area contributed by atoms with Crippen LogP contribution in [0, 0.1) is 11.8 Å². The maximum atomic E-state index is 10.8. The van der Waals surface area contributed by atoms with Gasteiger partial charge < -0.3 is 4.74 Å². The van der Waals surface area contributed by atoms with Gasteiger partial charge in [0.05, 0.1) is 11.6 Å². The third kappa shape index (κ3) is 3.26. The Morgan fingerprint density at radius 3 is 2.72 bits per heavy atom. The van der Waals surface area contributed by atoms with E-state index >= 15 is 0 Å². The molecular weight excluding hydrogens is 248 g/mol. The fourth-order valence-electron chi connectivity index (χ4n) is 2.43. The minimum absolute atomic E-state index is 0.427. The maximum Gasteiger partial charge on any atom is 0.151 e. The number of ether oxygens (including phenoxy) is 1. The molecule has 0 spiro atoms. The molecule has 1 fully saturated rings. The highest BCUT2D eigenvalue weighted by Gasteiger charge is 2.19. The van der Waals surface area contributed by atoms with Crippen molar-refractivity contribution in [2.45, 2.75) is 32.6 Å². The lowest BCUT2D eigenvalue weighted by Gasteiger charge is -2.26. The van der Waals surface area contributed by atoms with Gasteiger partial charge in [-0.1, -0.05) is 37.4 Å². The SMILES string of the molecule is CC1CCC(COc2cccc(C=O)c2Cl)CC1. The molecule has 1 saturated carbocycles. The number of aldehydes is 1. The van der Waals surface area contributed by atoms with Gasteiger partial charge in [0.15, 0.2) is 6.29 Å². The molecule has 0 N–H and O–H groups in total. The summed E-state index contributed by atoms with van der Waals surface area (Å²) in [6.45, 7) is 3.01. The Morgan fingerprint density at radius 2 is 2.06 bits per heavy atom. The van der Waals surface area contributed by atoms with Crippen molar-refractivity contribution < 1.29 is 9.53 Å². The molecule has 0 aromatic heterocycles. The minimum Gasteiger partial charge on any atom is -0.492 e. The molecule has 0 atom stereocenters. The normalized spacial score (nSPS) is 23.7. The Balaban J connectivity index is 1.92. The first-order valence-electron chi connectivity index (χ1n) is 6.57. The van der Waals surface area contributed by atoms with Gasteiger partial charge in [-0.3, -0.25) is 4.79 Å². The summed E-state index contributed by atoms with van der Waals surface area (Å²) < 4.78 is 5.76. The van der Waals surface area contributed by atoms with Crippen LogP contribution in [0.3, 0.4) is 0 Å². The molecule has 1 aliphatic rings. The van der Waals surface area contributed by atoms with Crippen molar-refractivity contribution in [2.24, 2.45) is 11.8 Å². The molecule has 1 aromatic carbocycles. The lowest BCUT2D eigenvalue weighted by atomic mass is 9.83. The van der Waals surface area contributed by atoms with Crippen LogP contribution in [0.5, 0.6) is 5.75 Å². The molecule has 1 aliphatic carbocycles. The Labute approximate surface area is 113 Å². The van der Waals surface area contributed by atoms with Crippen LogP contribution in [-0.2, 0) is 0 Å². The summed E-state index contributed by atoms with van der Waals surface area (Å²) in [5, 5.41) is 0.427. The highest BCUT2D eigenvalue weighted by atomic mass is 35.5. The summed E-state index contributed by atoms with van der Waals surface area (Å²) in [6, 6.07) is 5.32. The fourth-order valence-corrected chi connectivity index (χ4v) is 2.66. The topological polar surface area (TPSA) is 26.3 Å². The van der Waals surface area contributed by atoms with Gasteiger partial charge in [0.25, 0.3) is 0 Å². The Bertz CT molecular complexity index is 409. The smallest absolute Gasteiger partial charge is 0.151 e. The van der Waals surface area contributed by atoms with Crippen LogP contribution in [0.4, 0.5) is 0 Å². The minimum atomic E-state index is 0.427. The van der Waals surface area contributed by atoms with Gasteiger partial charge in [-0.05, 0) is 36.8 Å². The highest BCUT2D eigenvalue weighted by Crippen LogP contribution is 2.31. The molecule has 18 heavy (non-hydrogen) atoms. The van der Waals surface area contributed by atoms with E-state index in [1.807, 2.05) is 6.07 Å². The first-order chi connectivity index (χ1) is 8.70. The van der Waals surface area contributed by atoms with E-state index in [-0.39, 0.29) is 0 Å². The average molecular weight is 267 g/mol. The number of benzene rings is 1. The first-order valence-corrected chi connectivity index (χ1v) is 6.95. The molecule has 0 unspecified atom stereocenters. The van der Waals surface area contributed by atoms with E-state index in [2.05, 4.69) is 6.92 Å². The molecule has 0 saturated heterocycles. The van der Waals surface area contributed by atoms with E-state index in [1.165, 1.54) is 25.7 Å². The summed E-state index contributed by atoms with van der Waals surface area (Å²) in [4.78, 5) is 10.8. The molecule has 2 nitrogen and oxygen atoms in total. The molecule has 2 rings (SSSR count). The van der Waals surface area contributed by atoms with Gasteiger partial charge in [-0.15, -0.1) is 0 Å². The van der Waals surface area contributed by atoms with Crippen molar-refractivity contribution in [1.29, 1.82) is 0 Å². The lowest BCUT2D eigenvalue weighted by molar-refractivity contribution is 0.112. The standard InChI is InChI=1S/C15H19ClO2/c1-11-5-7-12(8-6-11)10-18-14-4-2-3-13(9-17)15(14)16/h2-4,9,11-12H,5-8,10H2,1H3. The van der Waals surface area contributed by atoms with Crippen molar-refractivity contribution in [2.75, 3.05) is 6.61 Å². The molecule has 0 aliphatic heterocycles. The van der Waals surface area contributed by atoms with Crippen molar-refractivity contribution >= 4 is 17.9 Å². The van der Waals surface area contributed by atoms with Crippen molar-refractivity contribution in [3.8, 4) is 5.75 Å². The molecule has 0 amide bonds. The summed E-state index contributed by atoms with van der Waals surface area (Å²) in [7, 11) is 0. The van der Waals surface area contributed by atoms with E-state index < -0.39 is 0 Å². The van der Waals surface area contributed by atoms with Crippen LogP contribution in [-0.4, -0.2) is 12.9 Å². The number of hydrogen-bond donors (Lipinski definition) is 0. The van der Waals surface area contributed by atoms with Crippen molar-refractivity contribution in [3.05, 3.63) is 28.8 Å². The molecule has 0 radical (unpaired) electrons. The highest BCUT2D eigenvalue weighted by molar-refractivity contribution is 6.34. The second kappa shape index (κ2) is 6.24. The Kier molecular flexibility index (Phi) is 4.65. The summed E-state index contributed by atoms with van der Waals surface area (Å²) in [5.74, 6) is 2.10. The van der Waals surface area contributed by atoms with Gasteiger partial charge in [-0.25, -0.2) is 0 Å². The first kappa shape index (κ1) is 13.4. The zero-order chi connectivity index (χ0) is 13.0. The summed E-state index contributed by atoms with van der Waals surface area (Å²) in [6.07, 6.45) is 5.79.